The summed E-state index contributed by atoms with van der Waals surface area (Å²) >= 11 is 0. The molecule has 2 rings (SSSR count). The lowest BCUT2D eigenvalue weighted by Gasteiger charge is -2.04. The van der Waals surface area contributed by atoms with Gasteiger partial charge in [0, 0.05) is 17.7 Å². The molecule has 2 N–H and O–H groups in total. The molecule has 0 atom stereocenters. The van der Waals surface area contributed by atoms with E-state index < -0.39 is 5.76 Å². The molecule has 0 aliphatic heterocycles. The van der Waals surface area contributed by atoms with Gasteiger partial charge in [0.2, 0.25) is 0 Å². The Morgan fingerprint density at radius 1 is 1.37 bits per heavy atom. The molecular weight excluding hydrogens is 246 g/mol. The second-order valence-corrected chi connectivity index (χ2v) is 4.13. The number of hydrogen-bond acceptors (Lipinski definition) is 4. The molecule has 6 nitrogen and oxygen atoms in total. The van der Waals surface area contributed by atoms with E-state index in [4.69, 9.17) is 0 Å². The van der Waals surface area contributed by atoms with Crippen molar-refractivity contribution in [2.24, 2.45) is 0 Å². The third-order valence-electron chi connectivity index (χ3n) is 2.68. The zero-order valence-corrected chi connectivity index (χ0v) is 10.6. The van der Waals surface area contributed by atoms with Crippen molar-refractivity contribution in [2.45, 2.75) is 19.8 Å². The van der Waals surface area contributed by atoms with Gasteiger partial charge in [-0.05, 0) is 18.6 Å². The van der Waals surface area contributed by atoms with E-state index in [9.17, 15) is 9.59 Å². The van der Waals surface area contributed by atoms with Crippen molar-refractivity contribution in [2.75, 3.05) is 6.54 Å². The fraction of sp³-hybridized carbons (Fsp3) is 0.308. The smallest absolute Gasteiger partial charge is 0.352 e. The lowest BCUT2D eigenvalue weighted by molar-refractivity contribution is 0.0953. The van der Waals surface area contributed by atoms with Gasteiger partial charge < -0.3 is 5.32 Å². The van der Waals surface area contributed by atoms with Gasteiger partial charge in [0.15, 0.2) is 5.82 Å². The minimum atomic E-state index is -0.601. The van der Waals surface area contributed by atoms with Crippen LogP contribution in [0.25, 0.3) is 11.4 Å². The van der Waals surface area contributed by atoms with Gasteiger partial charge in [-0.2, -0.15) is 0 Å². The summed E-state index contributed by atoms with van der Waals surface area (Å²) in [5.41, 5.74) is 1.27. The molecule has 19 heavy (non-hydrogen) atoms. The first-order chi connectivity index (χ1) is 9.20. The van der Waals surface area contributed by atoms with Gasteiger partial charge in [0.05, 0.1) is 0 Å². The molecule has 1 aromatic heterocycles. The number of H-pyrrole nitrogens is 1. The van der Waals surface area contributed by atoms with Crippen LogP contribution in [0, 0.1) is 0 Å². The molecule has 0 spiro atoms. The van der Waals surface area contributed by atoms with E-state index in [0.29, 0.717) is 23.5 Å². The van der Waals surface area contributed by atoms with Crippen LogP contribution < -0.4 is 11.1 Å². The highest BCUT2D eigenvalue weighted by Gasteiger charge is 2.07. The number of aromatic amines is 1. The highest BCUT2D eigenvalue weighted by atomic mass is 16.5. The molecule has 1 aromatic carbocycles. The van der Waals surface area contributed by atoms with Crippen molar-refractivity contribution in [3.63, 3.8) is 0 Å². The average molecular weight is 261 g/mol. The molecule has 0 saturated heterocycles. The topological polar surface area (TPSA) is 88.0 Å². The molecule has 0 bridgehead atoms. The van der Waals surface area contributed by atoms with E-state index in [1.807, 2.05) is 0 Å². The minimum Gasteiger partial charge on any atom is -0.352 e. The van der Waals surface area contributed by atoms with Gasteiger partial charge in [-0.25, -0.2) is 4.79 Å². The van der Waals surface area contributed by atoms with E-state index >= 15 is 0 Å². The van der Waals surface area contributed by atoms with Crippen molar-refractivity contribution in [3.8, 4) is 11.4 Å². The Kier molecular flexibility index (Phi) is 4.12. The standard InChI is InChI=1S/C13H15N3O3/c1-2-3-8-14-12(17)10-6-4-9(5-7-10)11-15-13(18)19-16-11/h4-7H,2-3,8H2,1H3,(H,14,17)(H,15,16,18). The van der Waals surface area contributed by atoms with E-state index in [0.717, 1.165) is 12.8 Å². The van der Waals surface area contributed by atoms with E-state index in [-0.39, 0.29) is 5.91 Å². The molecule has 0 saturated carbocycles. The van der Waals surface area contributed by atoms with Crippen LogP contribution in [0.3, 0.4) is 0 Å². The Hall–Kier alpha value is -2.37. The lowest BCUT2D eigenvalue weighted by Crippen LogP contribution is -2.24. The van der Waals surface area contributed by atoms with Crippen LogP contribution in [-0.2, 0) is 0 Å². The van der Waals surface area contributed by atoms with Crippen LogP contribution in [-0.4, -0.2) is 22.6 Å². The summed E-state index contributed by atoms with van der Waals surface area (Å²) in [6.07, 6.45) is 2.00. The number of rotatable bonds is 5. The number of carbonyl (C=O) groups is 1. The second-order valence-electron chi connectivity index (χ2n) is 4.13. The van der Waals surface area contributed by atoms with Crippen molar-refractivity contribution in [1.82, 2.24) is 15.5 Å². The Balaban J connectivity index is 2.06. The molecule has 0 unspecified atom stereocenters. The Labute approximate surface area is 109 Å². The van der Waals surface area contributed by atoms with Crippen LogP contribution in [0.2, 0.25) is 0 Å². The Bertz CT molecular complexity index is 598. The SMILES string of the molecule is CCCCNC(=O)c1ccc(-c2noc(=O)[nH]2)cc1. The largest absolute Gasteiger partial charge is 0.439 e. The summed E-state index contributed by atoms with van der Waals surface area (Å²) in [5.74, 6) is -0.354. The van der Waals surface area contributed by atoms with Gasteiger partial charge in [-0.3, -0.25) is 14.3 Å². The normalized spacial score (nSPS) is 10.4. The predicted octanol–water partition coefficient (Wildman–Crippen LogP) is 1.56. The van der Waals surface area contributed by atoms with Crippen LogP contribution in [0.4, 0.5) is 0 Å². The molecule has 0 radical (unpaired) electrons. The van der Waals surface area contributed by atoms with Gasteiger partial charge in [-0.1, -0.05) is 30.6 Å². The minimum absolute atomic E-state index is 0.103. The first-order valence-corrected chi connectivity index (χ1v) is 6.15. The molecule has 0 aliphatic carbocycles. The third kappa shape index (κ3) is 3.31. The summed E-state index contributed by atoms with van der Waals surface area (Å²) in [7, 11) is 0. The molecule has 1 amide bonds. The van der Waals surface area contributed by atoms with Crippen molar-refractivity contribution in [3.05, 3.63) is 40.4 Å². The van der Waals surface area contributed by atoms with E-state index in [1.165, 1.54) is 0 Å². The van der Waals surface area contributed by atoms with Gasteiger partial charge in [0.1, 0.15) is 0 Å². The molecule has 0 aliphatic rings. The van der Waals surface area contributed by atoms with Crippen molar-refractivity contribution in [1.29, 1.82) is 0 Å². The lowest BCUT2D eigenvalue weighted by atomic mass is 10.1. The van der Waals surface area contributed by atoms with Crippen LogP contribution >= 0.6 is 0 Å². The van der Waals surface area contributed by atoms with Gasteiger partial charge in [0.25, 0.3) is 5.91 Å². The Morgan fingerprint density at radius 3 is 2.68 bits per heavy atom. The van der Waals surface area contributed by atoms with Gasteiger partial charge in [-0.15, -0.1) is 0 Å². The quantitative estimate of drug-likeness (QED) is 0.799. The summed E-state index contributed by atoms with van der Waals surface area (Å²) in [4.78, 5) is 25.1. The highest BCUT2D eigenvalue weighted by Crippen LogP contribution is 2.14. The number of hydrogen-bond donors (Lipinski definition) is 2. The molecule has 100 valence electrons. The number of benzene rings is 1. The van der Waals surface area contributed by atoms with Crippen LogP contribution in [0.15, 0.2) is 33.6 Å². The summed E-state index contributed by atoms with van der Waals surface area (Å²) in [6, 6.07) is 6.79. The zero-order chi connectivity index (χ0) is 13.7. The first-order valence-electron chi connectivity index (χ1n) is 6.15. The van der Waals surface area contributed by atoms with Crippen LogP contribution in [0.5, 0.6) is 0 Å². The number of nitrogens with zero attached hydrogens (tertiary/aromatic N) is 1. The number of unbranched alkanes of at least 4 members (excludes halogenated alkanes) is 1. The highest BCUT2D eigenvalue weighted by molar-refractivity contribution is 5.94. The number of nitrogens with one attached hydrogen (secondary N) is 2. The summed E-state index contributed by atoms with van der Waals surface area (Å²) < 4.78 is 4.42. The third-order valence-corrected chi connectivity index (χ3v) is 2.68. The fourth-order valence-electron chi connectivity index (χ4n) is 1.61. The average Bonchev–Trinajstić information content (AvgIpc) is 2.86. The number of amides is 1. The molecule has 1 heterocycles. The Morgan fingerprint density at radius 2 is 2.11 bits per heavy atom. The number of carbonyl (C=O) groups excluding carboxylic acids is 1. The van der Waals surface area contributed by atoms with E-state index in [2.05, 4.69) is 26.9 Å². The molecular formula is C13H15N3O3. The zero-order valence-electron chi connectivity index (χ0n) is 10.6. The second kappa shape index (κ2) is 5.99. The predicted molar refractivity (Wildman–Crippen MR) is 69.8 cm³/mol. The van der Waals surface area contributed by atoms with E-state index in [1.54, 1.807) is 24.3 Å². The monoisotopic (exact) mass is 261 g/mol. The van der Waals surface area contributed by atoms with Gasteiger partial charge >= 0.3 is 5.76 Å². The first kappa shape index (κ1) is 13.1. The molecule has 6 heteroatoms. The maximum Gasteiger partial charge on any atom is 0.439 e. The maximum atomic E-state index is 11.8. The summed E-state index contributed by atoms with van der Waals surface area (Å²) in [6.45, 7) is 2.74. The summed E-state index contributed by atoms with van der Waals surface area (Å²) in [5, 5.41) is 6.41. The molecule has 0 fully saturated rings. The van der Waals surface area contributed by atoms with Crippen molar-refractivity contribution < 1.29 is 9.32 Å². The van der Waals surface area contributed by atoms with Crippen molar-refractivity contribution >= 4 is 5.91 Å². The number of aromatic nitrogens is 2. The van der Waals surface area contributed by atoms with Crippen LogP contribution in [0.1, 0.15) is 30.1 Å². The molecule has 2 aromatic rings. The fourth-order valence-corrected chi connectivity index (χ4v) is 1.61. The maximum absolute atomic E-state index is 11.8.